The molecule has 0 amide bonds. The molecule has 5 unspecified atom stereocenters. The second kappa shape index (κ2) is 2.74. The number of hydrogen-bond acceptors (Lipinski definition) is 1. The first-order valence-electron chi connectivity index (χ1n) is 5.93. The number of rotatable bonds is 1. The molecule has 14 heavy (non-hydrogen) atoms. The first-order chi connectivity index (χ1) is 6.70. The third-order valence-electron chi connectivity index (χ3n) is 5.30. The van der Waals surface area contributed by atoms with Crippen molar-refractivity contribution in [3.63, 3.8) is 0 Å². The van der Waals surface area contributed by atoms with E-state index in [2.05, 4.69) is 6.92 Å². The first-order valence-corrected chi connectivity index (χ1v) is 5.93. The minimum absolute atomic E-state index is 0.0182. The summed E-state index contributed by atoms with van der Waals surface area (Å²) in [5.41, 5.74) is 0. The highest BCUT2D eigenvalue weighted by molar-refractivity contribution is 5.71. The Morgan fingerprint density at radius 2 is 1.50 bits per heavy atom. The third kappa shape index (κ3) is 0.896. The Hall–Kier alpha value is -0.530. The highest BCUT2D eigenvalue weighted by atomic mass is 16.4. The lowest BCUT2D eigenvalue weighted by Crippen LogP contribution is -2.56. The average Bonchev–Trinajstić information content (AvgIpc) is 2.05. The molecule has 0 aliphatic heterocycles. The van der Waals surface area contributed by atoms with Gasteiger partial charge in [-0.25, -0.2) is 0 Å². The van der Waals surface area contributed by atoms with Crippen molar-refractivity contribution in [2.45, 2.75) is 32.6 Å². The van der Waals surface area contributed by atoms with Gasteiger partial charge in [0.25, 0.3) is 0 Å². The van der Waals surface area contributed by atoms with Crippen LogP contribution in [0.25, 0.3) is 0 Å². The lowest BCUT2D eigenvalue weighted by Gasteiger charge is -2.60. The molecule has 0 saturated heterocycles. The molecular formula is C12H18O2. The Kier molecular flexibility index (Phi) is 1.71. The molecule has 0 aromatic rings. The van der Waals surface area contributed by atoms with Gasteiger partial charge in [-0.3, -0.25) is 4.79 Å². The van der Waals surface area contributed by atoms with Crippen LogP contribution in [-0.2, 0) is 4.79 Å². The molecule has 4 fully saturated rings. The van der Waals surface area contributed by atoms with Crippen molar-refractivity contribution in [2.75, 3.05) is 0 Å². The van der Waals surface area contributed by atoms with Crippen molar-refractivity contribution in [1.29, 1.82) is 0 Å². The maximum absolute atomic E-state index is 11.2. The number of carboxylic acid groups (broad SMARTS) is 1. The predicted octanol–water partition coefficient (Wildman–Crippen LogP) is 2.39. The van der Waals surface area contributed by atoms with Gasteiger partial charge in [0.2, 0.25) is 0 Å². The lowest BCUT2D eigenvalue weighted by atomic mass is 9.44. The van der Waals surface area contributed by atoms with Gasteiger partial charge in [0.15, 0.2) is 0 Å². The molecule has 0 aromatic carbocycles. The number of aliphatic carboxylic acids is 1. The lowest BCUT2D eigenvalue weighted by molar-refractivity contribution is -0.169. The van der Waals surface area contributed by atoms with Crippen molar-refractivity contribution >= 4 is 5.97 Å². The SMILES string of the molecule is C[C@@H]1C2CCC(C3CCC32)C1C(=O)O. The molecule has 6 atom stereocenters. The summed E-state index contributed by atoms with van der Waals surface area (Å²) in [7, 11) is 0. The van der Waals surface area contributed by atoms with E-state index in [0.29, 0.717) is 11.8 Å². The monoisotopic (exact) mass is 194 g/mol. The topological polar surface area (TPSA) is 37.3 Å². The normalized spacial score (nSPS) is 54.9. The molecule has 2 heteroatoms. The smallest absolute Gasteiger partial charge is 0.307 e. The molecule has 0 spiro atoms. The molecule has 2 bridgehead atoms. The Morgan fingerprint density at radius 1 is 1.00 bits per heavy atom. The summed E-state index contributed by atoms with van der Waals surface area (Å²) in [5, 5.41) is 9.26. The van der Waals surface area contributed by atoms with E-state index in [1.807, 2.05) is 0 Å². The second-order valence-electron chi connectivity index (χ2n) is 5.53. The summed E-state index contributed by atoms with van der Waals surface area (Å²) in [6.07, 6.45) is 5.18. The van der Waals surface area contributed by atoms with Crippen LogP contribution in [0.4, 0.5) is 0 Å². The van der Waals surface area contributed by atoms with E-state index in [1.54, 1.807) is 0 Å². The minimum Gasteiger partial charge on any atom is -0.481 e. The molecule has 4 aliphatic rings. The maximum Gasteiger partial charge on any atom is 0.307 e. The Bertz CT molecular complexity index is 273. The van der Waals surface area contributed by atoms with E-state index >= 15 is 0 Å². The largest absolute Gasteiger partial charge is 0.481 e. The highest BCUT2D eigenvalue weighted by Crippen LogP contribution is 2.61. The van der Waals surface area contributed by atoms with E-state index in [1.165, 1.54) is 25.7 Å². The summed E-state index contributed by atoms with van der Waals surface area (Å²) in [5.74, 6) is 2.83. The fraction of sp³-hybridized carbons (Fsp3) is 0.917. The van der Waals surface area contributed by atoms with Crippen LogP contribution in [0.3, 0.4) is 0 Å². The third-order valence-corrected chi connectivity index (χ3v) is 5.30. The Labute approximate surface area is 84.7 Å². The van der Waals surface area contributed by atoms with Crippen LogP contribution in [0.5, 0.6) is 0 Å². The van der Waals surface area contributed by atoms with Gasteiger partial charge >= 0.3 is 5.97 Å². The van der Waals surface area contributed by atoms with Gasteiger partial charge in [-0.05, 0) is 55.3 Å². The summed E-state index contributed by atoms with van der Waals surface area (Å²) < 4.78 is 0. The Balaban J connectivity index is 1.92. The van der Waals surface area contributed by atoms with Crippen molar-refractivity contribution in [3.05, 3.63) is 0 Å². The van der Waals surface area contributed by atoms with Crippen molar-refractivity contribution in [1.82, 2.24) is 0 Å². The molecule has 1 N–H and O–H groups in total. The molecular weight excluding hydrogens is 176 g/mol. The number of hydrogen-bond donors (Lipinski definition) is 1. The summed E-state index contributed by atoms with van der Waals surface area (Å²) in [6.45, 7) is 2.17. The zero-order valence-corrected chi connectivity index (χ0v) is 8.65. The summed E-state index contributed by atoms with van der Waals surface area (Å²) >= 11 is 0. The standard InChI is InChI=1S/C12H18O2/c1-6-7-2-5-10(11(6)12(13)14)9-4-3-8(7)9/h6-11H,2-5H2,1H3,(H,13,14)/t6-,7?,8?,9?,10?,11?/m1/s1. The van der Waals surface area contributed by atoms with E-state index < -0.39 is 5.97 Å². The van der Waals surface area contributed by atoms with Crippen LogP contribution >= 0.6 is 0 Å². The summed E-state index contributed by atoms with van der Waals surface area (Å²) in [4.78, 5) is 11.2. The predicted molar refractivity (Wildman–Crippen MR) is 52.7 cm³/mol. The van der Waals surface area contributed by atoms with Gasteiger partial charge in [-0.1, -0.05) is 6.92 Å². The zero-order valence-electron chi connectivity index (χ0n) is 8.65. The molecule has 0 aromatic heterocycles. The van der Waals surface area contributed by atoms with Gasteiger partial charge in [-0.2, -0.15) is 0 Å². The molecule has 4 aliphatic carbocycles. The fourth-order valence-electron chi connectivity index (χ4n) is 4.59. The van der Waals surface area contributed by atoms with Crippen LogP contribution < -0.4 is 0 Å². The number of fused-ring (bicyclic) bond motifs is 2. The zero-order chi connectivity index (χ0) is 9.87. The van der Waals surface area contributed by atoms with Gasteiger partial charge in [-0.15, -0.1) is 0 Å². The summed E-state index contributed by atoms with van der Waals surface area (Å²) in [6, 6.07) is 0. The molecule has 2 nitrogen and oxygen atoms in total. The average molecular weight is 194 g/mol. The maximum atomic E-state index is 11.2. The van der Waals surface area contributed by atoms with Gasteiger partial charge in [0.1, 0.15) is 0 Å². The van der Waals surface area contributed by atoms with Crippen LogP contribution in [-0.4, -0.2) is 11.1 Å². The minimum atomic E-state index is -0.530. The number of carboxylic acids is 1. The molecule has 4 rings (SSSR count). The van der Waals surface area contributed by atoms with Gasteiger partial charge in [0.05, 0.1) is 5.92 Å². The van der Waals surface area contributed by atoms with Crippen molar-refractivity contribution in [3.8, 4) is 0 Å². The highest BCUT2D eigenvalue weighted by Gasteiger charge is 2.57. The van der Waals surface area contributed by atoms with Crippen molar-refractivity contribution in [2.24, 2.45) is 35.5 Å². The van der Waals surface area contributed by atoms with Crippen LogP contribution in [0.15, 0.2) is 0 Å². The van der Waals surface area contributed by atoms with Gasteiger partial charge in [0, 0.05) is 0 Å². The molecule has 78 valence electrons. The van der Waals surface area contributed by atoms with Crippen LogP contribution in [0, 0.1) is 35.5 Å². The quantitative estimate of drug-likeness (QED) is 0.696. The molecule has 4 saturated carbocycles. The fourth-order valence-corrected chi connectivity index (χ4v) is 4.59. The van der Waals surface area contributed by atoms with E-state index in [9.17, 15) is 9.90 Å². The van der Waals surface area contributed by atoms with Crippen molar-refractivity contribution < 1.29 is 9.90 Å². The number of carbonyl (C=O) groups is 1. The molecule has 0 radical (unpaired) electrons. The van der Waals surface area contributed by atoms with Crippen LogP contribution in [0.1, 0.15) is 32.6 Å². The second-order valence-corrected chi connectivity index (χ2v) is 5.53. The first kappa shape index (κ1) is 8.75. The molecule has 0 heterocycles. The van der Waals surface area contributed by atoms with Crippen LogP contribution in [0.2, 0.25) is 0 Å². The van der Waals surface area contributed by atoms with E-state index in [4.69, 9.17) is 0 Å². The van der Waals surface area contributed by atoms with E-state index in [-0.39, 0.29) is 5.92 Å². The Morgan fingerprint density at radius 3 is 2.07 bits per heavy atom. The van der Waals surface area contributed by atoms with E-state index in [0.717, 1.165) is 17.8 Å². The van der Waals surface area contributed by atoms with Gasteiger partial charge < -0.3 is 5.11 Å².